The number of likely N-dealkylation sites (tertiary alicyclic amines) is 1. The van der Waals surface area contributed by atoms with Crippen molar-refractivity contribution in [3.63, 3.8) is 0 Å². The Labute approximate surface area is 136 Å². The number of amides is 1. The van der Waals surface area contributed by atoms with E-state index in [-0.39, 0.29) is 11.1 Å². The van der Waals surface area contributed by atoms with Crippen LogP contribution in [0.5, 0.6) is 0 Å². The highest BCUT2D eigenvalue weighted by molar-refractivity contribution is 9.10. The van der Waals surface area contributed by atoms with E-state index < -0.39 is 11.4 Å². The zero-order chi connectivity index (χ0) is 15.6. The Bertz CT molecular complexity index is 571. The zero-order valence-electron chi connectivity index (χ0n) is 11.6. The predicted molar refractivity (Wildman–Crippen MR) is 82.4 cm³/mol. The largest absolute Gasteiger partial charge is 0.481 e. The van der Waals surface area contributed by atoms with E-state index in [9.17, 15) is 14.7 Å². The van der Waals surface area contributed by atoms with Gasteiger partial charge in [0, 0.05) is 23.8 Å². The Balaban J connectivity index is 2.13. The topological polar surface area (TPSA) is 70.5 Å². The number of carbonyl (C=O) groups is 2. The SMILES string of the molecule is CCC1(C(=O)O)CCN(C(=O)c2cc(Br)cnc2Cl)CC1. The number of hydrogen-bond donors (Lipinski definition) is 1. The molecular formula is C14H16BrClN2O3. The maximum absolute atomic E-state index is 12.5. The molecular weight excluding hydrogens is 360 g/mol. The van der Waals surface area contributed by atoms with Gasteiger partial charge in [-0.05, 0) is 41.3 Å². The van der Waals surface area contributed by atoms with Crippen LogP contribution in [0.2, 0.25) is 5.15 Å². The predicted octanol–water partition coefficient (Wildman–Crippen LogP) is 3.21. The number of rotatable bonds is 3. The number of aliphatic carboxylic acids is 1. The summed E-state index contributed by atoms with van der Waals surface area (Å²) in [5.41, 5.74) is -0.374. The van der Waals surface area contributed by atoms with Crippen molar-refractivity contribution < 1.29 is 14.7 Å². The van der Waals surface area contributed by atoms with Crippen molar-refractivity contribution in [2.75, 3.05) is 13.1 Å². The average Bonchev–Trinajstić information content (AvgIpc) is 2.49. The summed E-state index contributed by atoms with van der Waals surface area (Å²) in [4.78, 5) is 29.5. The van der Waals surface area contributed by atoms with E-state index in [0.717, 1.165) is 0 Å². The molecule has 0 radical (unpaired) electrons. The first-order valence-corrected chi connectivity index (χ1v) is 7.90. The van der Waals surface area contributed by atoms with Gasteiger partial charge in [0.15, 0.2) is 0 Å². The molecule has 5 nitrogen and oxygen atoms in total. The van der Waals surface area contributed by atoms with Gasteiger partial charge >= 0.3 is 5.97 Å². The van der Waals surface area contributed by atoms with Crippen LogP contribution in [0.15, 0.2) is 16.7 Å². The van der Waals surface area contributed by atoms with Crippen LogP contribution in [0.4, 0.5) is 0 Å². The second kappa shape index (κ2) is 6.32. The number of nitrogens with zero attached hydrogens (tertiary/aromatic N) is 2. The van der Waals surface area contributed by atoms with Crippen molar-refractivity contribution in [1.29, 1.82) is 0 Å². The second-order valence-electron chi connectivity index (χ2n) is 5.22. The van der Waals surface area contributed by atoms with E-state index in [0.29, 0.717) is 42.4 Å². The molecule has 0 aliphatic carbocycles. The van der Waals surface area contributed by atoms with Crippen LogP contribution in [0, 0.1) is 5.41 Å². The molecule has 1 amide bonds. The maximum Gasteiger partial charge on any atom is 0.309 e. The second-order valence-corrected chi connectivity index (χ2v) is 6.50. The van der Waals surface area contributed by atoms with Gasteiger partial charge in [0.2, 0.25) is 0 Å². The van der Waals surface area contributed by atoms with Crippen LogP contribution in [-0.4, -0.2) is 40.0 Å². The molecule has 1 N–H and O–H groups in total. The highest BCUT2D eigenvalue weighted by atomic mass is 79.9. The molecule has 1 fully saturated rings. The molecule has 114 valence electrons. The lowest BCUT2D eigenvalue weighted by molar-refractivity contribution is -0.152. The number of carbonyl (C=O) groups excluding carboxylic acids is 1. The number of piperidine rings is 1. The molecule has 0 saturated carbocycles. The third-order valence-electron chi connectivity index (χ3n) is 4.17. The van der Waals surface area contributed by atoms with E-state index in [1.807, 2.05) is 6.92 Å². The first kappa shape index (κ1) is 16.2. The van der Waals surface area contributed by atoms with Crippen molar-refractivity contribution in [1.82, 2.24) is 9.88 Å². The summed E-state index contributed by atoms with van der Waals surface area (Å²) < 4.78 is 0.681. The minimum Gasteiger partial charge on any atom is -0.481 e. The number of carboxylic acid groups (broad SMARTS) is 1. The number of hydrogen-bond acceptors (Lipinski definition) is 3. The molecule has 1 aliphatic rings. The van der Waals surface area contributed by atoms with Gasteiger partial charge in [-0.1, -0.05) is 18.5 Å². The van der Waals surface area contributed by atoms with Gasteiger partial charge in [0.25, 0.3) is 5.91 Å². The number of pyridine rings is 1. The Morgan fingerprint density at radius 3 is 2.62 bits per heavy atom. The maximum atomic E-state index is 12.5. The van der Waals surface area contributed by atoms with Gasteiger partial charge in [-0.3, -0.25) is 9.59 Å². The summed E-state index contributed by atoms with van der Waals surface area (Å²) in [6.07, 6.45) is 3.03. The lowest BCUT2D eigenvalue weighted by atomic mass is 9.76. The van der Waals surface area contributed by atoms with Gasteiger partial charge < -0.3 is 10.0 Å². The molecule has 0 aromatic carbocycles. The standard InChI is InChI=1S/C14H16BrClN2O3/c1-2-14(13(20)21)3-5-18(6-4-14)12(19)10-7-9(15)8-17-11(10)16/h7-8H,2-6H2,1H3,(H,20,21). The van der Waals surface area contributed by atoms with Crippen LogP contribution in [-0.2, 0) is 4.79 Å². The summed E-state index contributed by atoms with van der Waals surface area (Å²) in [7, 11) is 0. The van der Waals surface area contributed by atoms with Crippen LogP contribution < -0.4 is 0 Å². The first-order chi connectivity index (χ1) is 9.89. The highest BCUT2D eigenvalue weighted by Crippen LogP contribution is 2.35. The van der Waals surface area contributed by atoms with E-state index >= 15 is 0 Å². The Morgan fingerprint density at radius 2 is 2.10 bits per heavy atom. The molecule has 1 aromatic rings. The molecule has 2 rings (SSSR count). The minimum absolute atomic E-state index is 0.161. The van der Waals surface area contributed by atoms with Crippen LogP contribution in [0.1, 0.15) is 36.5 Å². The van der Waals surface area contributed by atoms with Crippen LogP contribution in [0.3, 0.4) is 0 Å². The zero-order valence-corrected chi connectivity index (χ0v) is 13.9. The summed E-state index contributed by atoms with van der Waals surface area (Å²) >= 11 is 9.24. The third-order valence-corrected chi connectivity index (χ3v) is 4.91. The van der Waals surface area contributed by atoms with Crippen molar-refractivity contribution in [3.05, 3.63) is 27.5 Å². The van der Waals surface area contributed by atoms with Crippen LogP contribution in [0.25, 0.3) is 0 Å². The first-order valence-electron chi connectivity index (χ1n) is 6.73. The van der Waals surface area contributed by atoms with Gasteiger partial charge in [0.1, 0.15) is 5.15 Å². The van der Waals surface area contributed by atoms with E-state index in [2.05, 4.69) is 20.9 Å². The summed E-state index contributed by atoms with van der Waals surface area (Å²) in [5, 5.41) is 9.53. The van der Waals surface area contributed by atoms with E-state index in [1.165, 1.54) is 6.20 Å². The van der Waals surface area contributed by atoms with Crippen molar-refractivity contribution in [2.45, 2.75) is 26.2 Å². The van der Waals surface area contributed by atoms with Crippen molar-refractivity contribution >= 4 is 39.4 Å². The van der Waals surface area contributed by atoms with E-state index in [1.54, 1.807) is 11.0 Å². The fourth-order valence-electron chi connectivity index (χ4n) is 2.60. The molecule has 1 aromatic heterocycles. The number of aromatic nitrogens is 1. The number of carboxylic acids is 1. The summed E-state index contributed by atoms with van der Waals surface area (Å²) in [5.74, 6) is -0.983. The summed E-state index contributed by atoms with van der Waals surface area (Å²) in [6, 6.07) is 1.64. The van der Waals surface area contributed by atoms with Gasteiger partial charge in [-0.25, -0.2) is 4.98 Å². The van der Waals surface area contributed by atoms with Gasteiger partial charge in [-0.2, -0.15) is 0 Å². The Kier molecular flexibility index (Phi) is 4.88. The molecule has 1 aliphatic heterocycles. The summed E-state index contributed by atoms with van der Waals surface area (Å²) in [6.45, 7) is 2.71. The fraction of sp³-hybridized carbons (Fsp3) is 0.500. The molecule has 1 saturated heterocycles. The fourth-order valence-corrected chi connectivity index (χ4v) is 3.11. The van der Waals surface area contributed by atoms with Gasteiger partial charge in [0.05, 0.1) is 11.0 Å². The minimum atomic E-state index is -0.778. The smallest absolute Gasteiger partial charge is 0.309 e. The third kappa shape index (κ3) is 3.21. The Hall–Kier alpha value is -1.14. The molecule has 0 bridgehead atoms. The Morgan fingerprint density at radius 1 is 1.48 bits per heavy atom. The van der Waals surface area contributed by atoms with E-state index in [4.69, 9.17) is 11.6 Å². The molecule has 7 heteroatoms. The average molecular weight is 376 g/mol. The van der Waals surface area contributed by atoms with Crippen molar-refractivity contribution in [2.24, 2.45) is 5.41 Å². The molecule has 0 unspecified atom stereocenters. The molecule has 2 heterocycles. The molecule has 0 atom stereocenters. The molecule has 0 spiro atoms. The quantitative estimate of drug-likeness (QED) is 0.824. The number of halogens is 2. The van der Waals surface area contributed by atoms with Crippen LogP contribution >= 0.6 is 27.5 Å². The lowest BCUT2D eigenvalue weighted by Gasteiger charge is -2.38. The highest BCUT2D eigenvalue weighted by Gasteiger charge is 2.41. The lowest BCUT2D eigenvalue weighted by Crippen LogP contribution is -2.46. The normalized spacial score (nSPS) is 17.6. The molecule has 21 heavy (non-hydrogen) atoms. The van der Waals surface area contributed by atoms with Gasteiger partial charge in [-0.15, -0.1) is 0 Å². The van der Waals surface area contributed by atoms with Crippen molar-refractivity contribution in [3.8, 4) is 0 Å². The monoisotopic (exact) mass is 374 g/mol.